The molecule has 0 amide bonds. The van der Waals surface area contributed by atoms with E-state index in [9.17, 15) is 0 Å². The summed E-state index contributed by atoms with van der Waals surface area (Å²) < 4.78 is 2.26. The van der Waals surface area contributed by atoms with Crippen molar-refractivity contribution in [3.8, 4) is 0 Å². The molecule has 19 heavy (non-hydrogen) atoms. The van der Waals surface area contributed by atoms with Crippen molar-refractivity contribution in [3.05, 3.63) is 62.5 Å². The minimum Gasteiger partial charge on any atom is -0.378 e. The quantitative estimate of drug-likeness (QED) is 0.675. The Balaban J connectivity index is 2.18. The second-order valence-electron chi connectivity index (χ2n) is 4.62. The lowest BCUT2D eigenvalue weighted by molar-refractivity contribution is 0.749. The van der Waals surface area contributed by atoms with Crippen LogP contribution in [0.2, 0.25) is 0 Å². The van der Waals surface area contributed by atoms with Crippen LogP contribution in [-0.2, 0) is 0 Å². The van der Waals surface area contributed by atoms with Crippen LogP contribution in [0.3, 0.4) is 0 Å². The molecule has 1 atom stereocenters. The molecule has 2 rings (SSSR count). The Bertz CT molecular complexity index is 549. The third-order valence-corrected chi connectivity index (χ3v) is 4.58. The molecule has 0 spiro atoms. The van der Waals surface area contributed by atoms with Crippen molar-refractivity contribution in [1.29, 1.82) is 0 Å². The molecule has 0 bridgehead atoms. The Hall–Kier alpha value is -0.800. The predicted molar refractivity (Wildman–Crippen MR) is 89.7 cm³/mol. The molecule has 1 N–H and O–H groups in total. The minimum absolute atomic E-state index is 0.336. The molecule has 0 saturated carbocycles. The summed E-state index contributed by atoms with van der Waals surface area (Å²) in [4.78, 5) is 0. The number of nitrogens with one attached hydrogen (secondary N) is 1. The molecule has 0 radical (unpaired) electrons. The number of aryl methyl sites for hydroxylation is 1. The molecule has 1 nitrogen and oxygen atoms in total. The zero-order chi connectivity index (χ0) is 13.8. The largest absolute Gasteiger partial charge is 0.378 e. The summed E-state index contributed by atoms with van der Waals surface area (Å²) in [7, 11) is 0. The lowest BCUT2D eigenvalue weighted by Crippen LogP contribution is -2.09. The van der Waals surface area contributed by atoms with Crippen LogP contribution in [0.15, 0.2) is 51.4 Å². The van der Waals surface area contributed by atoms with Crippen LogP contribution >= 0.6 is 31.9 Å². The van der Waals surface area contributed by atoms with E-state index in [1.54, 1.807) is 0 Å². The lowest BCUT2D eigenvalue weighted by atomic mass is 10.0. The maximum atomic E-state index is 3.59. The second-order valence-corrected chi connectivity index (χ2v) is 6.39. The Morgan fingerprint density at radius 1 is 1.05 bits per heavy atom. The van der Waals surface area contributed by atoms with Gasteiger partial charge in [0, 0.05) is 14.6 Å². The number of hydrogen-bond donors (Lipinski definition) is 1. The molecule has 1 unspecified atom stereocenters. The number of halogens is 2. The molecule has 0 aliphatic heterocycles. The van der Waals surface area contributed by atoms with Crippen LogP contribution in [0.4, 0.5) is 5.69 Å². The Morgan fingerprint density at radius 3 is 2.32 bits per heavy atom. The topological polar surface area (TPSA) is 12.0 Å². The molecule has 2 aromatic rings. The summed E-state index contributed by atoms with van der Waals surface area (Å²) in [5.74, 6) is 0. The summed E-state index contributed by atoms with van der Waals surface area (Å²) in [6.07, 6.45) is 1.05. The summed E-state index contributed by atoms with van der Waals surface area (Å²) in [5, 5.41) is 3.59. The average Bonchev–Trinajstić information content (AvgIpc) is 2.41. The summed E-state index contributed by atoms with van der Waals surface area (Å²) in [5.41, 5.74) is 3.71. The fourth-order valence-electron chi connectivity index (χ4n) is 2.00. The van der Waals surface area contributed by atoms with E-state index in [1.807, 2.05) is 0 Å². The highest BCUT2D eigenvalue weighted by Gasteiger charge is 2.09. The van der Waals surface area contributed by atoms with Gasteiger partial charge in [-0.05, 0) is 48.7 Å². The standard InChI is InChI=1S/C16H17Br2N/c1-3-16(12-5-7-13(17)8-6-12)19-14-9-4-11(2)15(18)10-14/h4-10,16,19H,3H2,1-2H3. The van der Waals surface area contributed by atoms with Gasteiger partial charge < -0.3 is 5.32 Å². The van der Waals surface area contributed by atoms with Crippen molar-refractivity contribution in [1.82, 2.24) is 0 Å². The van der Waals surface area contributed by atoms with Crippen molar-refractivity contribution >= 4 is 37.5 Å². The first-order valence-electron chi connectivity index (χ1n) is 6.38. The third-order valence-electron chi connectivity index (χ3n) is 3.19. The van der Waals surface area contributed by atoms with Gasteiger partial charge in [0.1, 0.15) is 0 Å². The van der Waals surface area contributed by atoms with Crippen molar-refractivity contribution < 1.29 is 0 Å². The van der Waals surface area contributed by atoms with Gasteiger partial charge in [0.05, 0.1) is 6.04 Å². The Kier molecular flexibility index (Phi) is 5.06. The van der Waals surface area contributed by atoms with Crippen LogP contribution in [0, 0.1) is 6.92 Å². The van der Waals surface area contributed by atoms with Gasteiger partial charge in [0.15, 0.2) is 0 Å². The fourth-order valence-corrected chi connectivity index (χ4v) is 2.64. The summed E-state index contributed by atoms with van der Waals surface area (Å²) in [6.45, 7) is 4.29. The highest BCUT2D eigenvalue weighted by Crippen LogP contribution is 2.27. The normalized spacial score (nSPS) is 12.2. The molecule has 100 valence electrons. The zero-order valence-corrected chi connectivity index (χ0v) is 14.3. The number of hydrogen-bond acceptors (Lipinski definition) is 1. The van der Waals surface area contributed by atoms with Crippen LogP contribution in [0.25, 0.3) is 0 Å². The van der Waals surface area contributed by atoms with Gasteiger partial charge in [0.2, 0.25) is 0 Å². The third kappa shape index (κ3) is 3.83. The minimum atomic E-state index is 0.336. The first kappa shape index (κ1) is 14.6. The van der Waals surface area contributed by atoms with Gasteiger partial charge >= 0.3 is 0 Å². The van der Waals surface area contributed by atoms with Crippen LogP contribution in [-0.4, -0.2) is 0 Å². The monoisotopic (exact) mass is 381 g/mol. The summed E-state index contributed by atoms with van der Waals surface area (Å²) in [6, 6.07) is 15.2. The molecule has 0 saturated heterocycles. The highest BCUT2D eigenvalue weighted by molar-refractivity contribution is 9.10. The lowest BCUT2D eigenvalue weighted by Gasteiger charge is -2.19. The fraction of sp³-hybridized carbons (Fsp3) is 0.250. The maximum absolute atomic E-state index is 3.59. The molecular formula is C16H17Br2N. The van der Waals surface area contributed by atoms with E-state index in [0.29, 0.717) is 6.04 Å². The van der Waals surface area contributed by atoms with Gasteiger partial charge in [-0.2, -0.15) is 0 Å². The molecule has 0 aliphatic rings. The van der Waals surface area contributed by atoms with Gasteiger partial charge in [-0.15, -0.1) is 0 Å². The van der Waals surface area contributed by atoms with Crippen molar-refractivity contribution in [2.75, 3.05) is 5.32 Å². The van der Waals surface area contributed by atoms with E-state index in [4.69, 9.17) is 0 Å². The van der Waals surface area contributed by atoms with Gasteiger partial charge in [-0.1, -0.05) is 57.0 Å². The molecule has 0 aliphatic carbocycles. The molecular weight excluding hydrogens is 366 g/mol. The Morgan fingerprint density at radius 2 is 1.74 bits per heavy atom. The van der Waals surface area contributed by atoms with Crippen LogP contribution in [0.5, 0.6) is 0 Å². The van der Waals surface area contributed by atoms with Crippen LogP contribution < -0.4 is 5.32 Å². The van der Waals surface area contributed by atoms with E-state index in [2.05, 4.69) is 93.5 Å². The van der Waals surface area contributed by atoms with E-state index in [0.717, 1.165) is 21.1 Å². The second kappa shape index (κ2) is 6.58. The van der Waals surface area contributed by atoms with E-state index in [-0.39, 0.29) is 0 Å². The molecule has 0 aromatic heterocycles. The van der Waals surface area contributed by atoms with Gasteiger partial charge in [-0.3, -0.25) is 0 Å². The molecule has 0 fully saturated rings. The van der Waals surface area contributed by atoms with Crippen molar-refractivity contribution in [2.24, 2.45) is 0 Å². The Labute approximate surface area is 131 Å². The molecule has 2 aromatic carbocycles. The van der Waals surface area contributed by atoms with Crippen molar-refractivity contribution in [2.45, 2.75) is 26.3 Å². The predicted octanol–water partition coefficient (Wildman–Crippen LogP) is 6.08. The van der Waals surface area contributed by atoms with E-state index >= 15 is 0 Å². The number of anilines is 1. The van der Waals surface area contributed by atoms with Gasteiger partial charge in [-0.25, -0.2) is 0 Å². The van der Waals surface area contributed by atoms with Crippen LogP contribution in [0.1, 0.15) is 30.5 Å². The first-order chi connectivity index (χ1) is 9.10. The maximum Gasteiger partial charge on any atom is 0.0511 e. The smallest absolute Gasteiger partial charge is 0.0511 e. The van der Waals surface area contributed by atoms with Gasteiger partial charge in [0.25, 0.3) is 0 Å². The molecule has 0 heterocycles. The average molecular weight is 383 g/mol. The van der Waals surface area contributed by atoms with E-state index < -0.39 is 0 Å². The first-order valence-corrected chi connectivity index (χ1v) is 7.97. The summed E-state index contributed by atoms with van der Waals surface area (Å²) >= 11 is 7.05. The zero-order valence-electron chi connectivity index (χ0n) is 11.1. The number of rotatable bonds is 4. The molecule has 3 heteroatoms. The highest BCUT2D eigenvalue weighted by atomic mass is 79.9. The SMILES string of the molecule is CCC(Nc1ccc(C)c(Br)c1)c1ccc(Br)cc1. The van der Waals surface area contributed by atoms with E-state index in [1.165, 1.54) is 11.1 Å². The van der Waals surface area contributed by atoms with Crippen molar-refractivity contribution in [3.63, 3.8) is 0 Å². The number of benzene rings is 2.